The van der Waals surface area contributed by atoms with Gasteiger partial charge in [0.1, 0.15) is 6.10 Å². The lowest BCUT2D eigenvalue weighted by molar-refractivity contribution is -0.133. The van der Waals surface area contributed by atoms with E-state index in [1.165, 1.54) is 32.4 Å². The Morgan fingerprint density at radius 2 is 1.91 bits per heavy atom. The molecule has 0 aromatic rings. The van der Waals surface area contributed by atoms with Crippen molar-refractivity contribution >= 4 is 5.91 Å². The molecule has 1 amide bonds. The van der Waals surface area contributed by atoms with Gasteiger partial charge in [-0.15, -0.1) is 0 Å². The van der Waals surface area contributed by atoms with Gasteiger partial charge in [-0.05, 0) is 62.8 Å². The summed E-state index contributed by atoms with van der Waals surface area (Å²) < 4.78 is 11.5. The number of hydrogen-bond donors (Lipinski definition) is 1. The molecule has 3 aliphatic heterocycles. The summed E-state index contributed by atoms with van der Waals surface area (Å²) in [6.45, 7) is 5.92. The number of carbonyl (C=O) groups is 1. The van der Waals surface area contributed by atoms with Crippen LogP contribution >= 0.6 is 0 Å². The molecule has 1 aliphatic carbocycles. The number of nitrogens with one attached hydrogen (secondary N) is 1. The lowest BCUT2D eigenvalue weighted by atomic mass is 9.91. The van der Waals surface area contributed by atoms with Gasteiger partial charge in [0.25, 0.3) is 0 Å². The maximum absolute atomic E-state index is 12.4. The van der Waals surface area contributed by atoms with Gasteiger partial charge in [-0.25, -0.2) is 0 Å². The van der Waals surface area contributed by atoms with Crippen molar-refractivity contribution in [3.63, 3.8) is 0 Å². The Morgan fingerprint density at radius 1 is 1.09 bits per heavy atom. The van der Waals surface area contributed by atoms with Crippen LogP contribution in [0.4, 0.5) is 0 Å². The van der Waals surface area contributed by atoms with E-state index in [1.807, 2.05) is 0 Å². The fraction of sp³-hybridized carbons (Fsp3) is 0.944. The molecule has 3 atom stereocenters. The standard InChI is InChI=1S/C18H30N2O3/c21-18(19-10-13-4-7-22-8-5-13)16-9-15-3-6-20(11-14-1-2-14)12-17(15)23-16/h13-17H,1-12H2,(H,19,21)/t15-,16+,17-/m0/s1. The fourth-order valence-electron chi connectivity index (χ4n) is 4.30. The molecule has 4 aliphatic rings. The highest BCUT2D eigenvalue weighted by Crippen LogP contribution is 2.36. The van der Waals surface area contributed by atoms with Crippen LogP contribution in [-0.4, -0.2) is 62.4 Å². The summed E-state index contributed by atoms with van der Waals surface area (Å²) in [6, 6.07) is 0. The molecule has 0 radical (unpaired) electrons. The first-order valence-corrected chi connectivity index (χ1v) is 9.51. The largest absolute Gasteiger partial charge is 0.381 e. The third-order valence-corrected chi connectivity index (χ3v) is 6.05. The van der Waals surface area contributed by atoms with Crippen LogP contribution in [0.2, 0.25) is 0 Å². The second-order valence-electron chi connectivity index (χ2n) is 7.95. The Labute approximate surface area is 139 Å². The van der Waals surface area contributed by atoms with E-state index >= 15 is 0 Å². The molecule has 3 heterocycles. The van der Waals surface area contributed by atoms with E-state index in [1.54, 1.807) is 0 Å². The van der Waals surface area contributed by atoms with Crippen molar-refractivity contribution in [1.29, 1.82) is 0 Å². The topological polar surface area (TPSA) is 50.8 Å². The zero-order valence-electron chi connectivity index (χ0n) is 14.0. The third kappa shape index (κ3) is 4.06. The molecule has 1 saturated carbocycles. The molecule has 0 aromatic heterocycles. The Bertz CT molecular complexity index is 420. The van der Waals surface area contributed by atoms with Gasteiger partial charge in [0.2, 0.25) is 5.91 Å². The van der Waals surface area contributed by atoms with Crippen LogP contribution in [0.15, 0.2) is 0 Å². The van der Waals surface area contributed by atoms with E-state index in [-0.39, 0.29) is 18.1 Å². The van der Waals surface area contributed by atoms with Crippen LogP contribution in [-0.2, 0) is 14.3 Å². The highest BCUT2D eigenvalue weighted by molar-refractivity contribution is 5.81. The van der Waals surface area contributed by atoms with Gasteiger partial charge in [0, 0.05) is 32.8 Å². The lowest BCUT2D eigenvalue weighted by Gasteiger charge is -2.34. The van der Waals surface area contributed by atoms with E-state index in [0.29, 0.717) is 11.8 Å². The van der Waals surface area contributed by atoms with Gasteiger partial charge in [0.05, 0.1) is 6.10 Å². The maximum Gasteiger partial charge on any atom is 0.249 e. The monoisotopic (exact) mass is 322 g/mol. The van der Waals surface area contributed by atoms with Crippen LogP contribution in [0, 0.1) is 17.8 Å². The Morgan fingerprint density at radius 3 is 2.70 bits per heavy atom. The van der Waals surface area contributed by atoms with Crippen LogP contribution in [0.5, 0.6) is 0 Å². The van der Waals surface area contributed by atoms with Crippen LogP contribution < -0.4 is 5.32 Å². The van der Waals surface area contributed by atoms with Crippen molar-refractivity contribution in [3.05, 3.63) is 0 Å². The Hall–Kier alpha value is -0.650. The average molecular weight is 322 g/mol. The average Bonchev–Trinajstić information content (AvgIpc) is 3.29. The highest BCUT2D eigenvalue weighted by Gasteiger charge is 2.42. The molecule has 0 unspecified atom stereocenters. The smallest absolute Gasteiger partial charge is 0.249 e. The SMILES string of the molecule is O=C(NCC1CCOCC1)[C@H]1C[C@@H]2CCN(CC3CC3)C[C@@H]2O1. The normalized spacial score (nSPS) is 35.9. The highest BCUT2D eigenvalue weighted by atomic mass is 16.5. The van der Waals surface area contributed by atoms with Gasteiger partial charge >= 0.3 is 0 Å². The molecule has 5 heteroatoms. The van der Waals surface area contributed by atoms with E-state index < -0.39 is 0 Å². The number of nitrogens with zero attached hydrogens (tertiary/aromatic N) is 1. The zero-order valence-corrected chi connectivity index (χ0v) is 14.0. The van der Waals surface area contributed by atoms with Gasteiger partial charge in [-0.2, -0.15) is 0 Å². The molecule has 4 fully saturated rings. The van der Waals surface area contributed by atoms with Gasteiger partial charge in [0.15, 0.2) is 0 Å². The second-order valence-corrected chi connectivity index (χ2v) is 7.95. The minimum Gasteiger partial charge on any atom is -0.381 e. The first kappa shape index (κ1) is 15.9. The number of fused-ring (bicyclic) bond motifs is 1. The number of rotatable bonds is 5. The minimum absolute atomic E-state index is 0.111. The molecule has 23 heavy (non-hydrogen) atoms. The lowest BCUT2D eigenvalue weighted by Crippen LogP contribution is -2.43. The minimum atomic E-state index is -0.217. The van der Waals surface area contributed by atoms with E-state index in [4.69, 9.17) is 9.47 Å². The summed E-state index contributed by atoms with van der Waals surface area (Å²) in [4.78, 5) is 15.0. The summed E-state index contributed by atoms with van der Waals surface area (Å²) in [7, 11) is 0. The molecular formula is C18H30N2O3. The van der Waals surface area contributed by atoms with Gasteiger partial charge in [-0.1, -0.05) is 0 Å². The van der Waals surface area contributed by atoms with E-state index in [9.17, 15) is 4.79 Å². The second kappa shape index (κ2) is 7.08. The number of carbonyl (C=O) groups excluding carboxylic acids is 1. The van der Waals surface area contributed by atoms with Crippen molar-refractivity contribution in [2.24, 2.45) is 17.8 Å². The Kier molecular flexibility index (Phi) is 4.88. The van der Waals surface area contributed by atoms with Crippen molar-refractivity contribution in [1.82, 2.24) is 10.2 Å². The third-order valence-electron chi connectivity index (χ3n) is 6.05. The van der Waals surface area contributed by atoms with Crippen molar-refractivity contribution in [2.45, 2.75) is 50.7 Å². The van der Waals surface area contributed by atoms with Gasteiger partial charge in [-0.3, -0.25) is 4.79 Å². The molecule has 1 N–H and O–H groups in total. The molecular weight excluding hydrogens is 292 g/mol. The van der Waals surface area contributed by atoms with E-state index in [2.05, 4.69) is 10.2 Å². The van der Waals surface area contributed by atoms with Crippen LogP contribution in [0.1, 0.15) is 38.5 Å². The number of hydrogen-bond acceptors (Lipinski definition) is 4. The zero-order chi connectivity index (χ0) is 15.6. The van der Waals surface area contributed by atoms with Crippen molar-refractivity contribution in [3.8, 4) is 0 Å². The summed E-state index contributed by atoms with van der Waals surface area (Å²) in [5.41, 5.74) is 0. The van der Waals surface area contributed by atoms with Gasteiger partial charge < -0.3 is 19.7 Å². The van der Waals surface area contributed by atoms with Crippen molar-refractivity contribution < 1.29 is 14.3 Å². The molecule has 0 spiro atoms. The van der Waals surface area contributed by atoms with Crippen LogP contribution in [0.25, 0.3) is 0 Å². The molecule has 130 valence electrons. The molecule has 3 saturated heterocycles. The van der Waals surface area contributed by atoms with Crippen LogP contribution in [0.3, 0.4) is 0 Å². The predicted octanol–water partition coefficient (Wildman–Crippen LogP) is 1.42. The van der Waals surface area contributed by atoms with E-state index in [0.717, 1.165) is 51.5 Å². The summed E-state index contributed by atoms with van der Waals surface area (Å²) in [5.74, 6) is 2.21. The molecule has 4 rings (SSSR count). The number of likely N-dealkylation sites (tertiary alicyclic amines) is 1. The fourth-order valence-corrected chi connectivity index (χ4v) is 4.30. The predicted molar refractivity (Wildman–Crippen MR) is 87.1 cm³/mol. The maximum atomic E-state index is 12.4. The summed E-state index contributed by atoms with van der Waals surface area (Å²) in [5, 5.41) is 3.12. The number of ether oxygens (including phenoxy) is 2. The summed E-state index contributed by atoms with van der Waals surface area (Å²) in [6.07, 6.45) is 7.11. The summed E-state index contributed by atoms with van der Waals surface area (Å²) >= 11 is 0. The molecule has 0 aromatic carbocycles. The molecule has 0 bridgehead atoms. The first-order valence-electron chi connectivity index (χ1n) is 9.51. The number of amides is 1. The number of piperidine rings is 1. The Balaban J connectivity index is 1.22. The quantitative estimate of drug-likeness (QED) is 0.832. The molecule has 5 nitrogen and oxygen atoms in total. The first-order chi connectivity index (χ1) is 11.3. The van der Waals surface area contributed by atoms with Crippen molar-refractivity contribution in [2.75, 3.05) is 39.4 Å².